The highest BCUT2D eigenvalue weighted by molar-refractivity contribution is 7.87. The molecule has 2 aromatic carbocycles. The molecule has 4 nitrogen and oxygen atoms in total. The standard InChI is InChI=1S/C15H10ClNO3S/c16-13-9-10-17-15-12(13)7-4-8-14(15)20-21(18,19)11-5-2-1-3-6-11/h1-10H. The molecule has 3 rings (SSSR count). The first-order valence-electron chi connectivity index (χ1n) is 6.11. The number of rotatable bonds is 3. The van der Waals surface area contributed by atoms with Crippen molar-refractivity contribution in [3.8, 4) is 5.75 Å². The summed E-state index contributed by atoms with van der Waals surface area (Å²) in [5.74, 6) is 0.152. The molecule has 1 aromatic heterocycles. The lowest BCUT2D eigenvalue weighted by Crippen LogP contribution is -2.10. The van der Waals surface area contributed by atoms with Gasteiger partial charge < -0.3 is 4.18 Å². The van der Waals surface area contributed by atoms with Crippen molar-refractivity contribution in [3.63, 3.8) is 0 Å². The second-order valence-corrected chi connectivity index (χ2v) is 6.25. The predicted octanol–water partition coefficient (Wildman–Crippen LogP) is 3.66. The van der Waals surface area contributed by atoms with Gasteiger partial charge in [0.25, 0.3) is 0 Å². The number of nitrogens with zero attached hydrogens (tertiary/aromatic N) is 1. The van der Waals surface area contributed by atoms with Gasteiger partial charge in [0.1, 0.15) is 10.4 Å². The summed E-state index contributed by atoms with van der Waals surface area (Å²) in [6, 6.07) is 14.6. The van der Waals surface area contributed by atoms with Gasteiger partial charge in [0.2, 0.25) is 0 Å². The van der Waals surface area contributed by atoms with Crippen LogP contribution in [0.5, 0.6) is 5.75 Å². The smallest absolute Gasteiger partial charge is 0.339 e. The Kier molecular flexibility index (Phi) is 3.53. The van der Waals surface area contributed by atoms with E-state index in [2.05, 4.69) is 4.98 Å². The molecule has 0 N–H and O–H groups in total. The predicted molar refractivity (Wildman–Crippen MR) is 81.0 cm³/mol. The molecule has 0 amide bonds. The number of hydrogen-bond acceptors (Lipinski definition) is 4. The molecule has 106 valence electrons. The normalized spacial score (nSPS) is 11.5. The van der Waals surface area contributed by atoms with Crippen LogP contribution in [0.15, 0.2) is 65.7 Å². The van der Waals surface area contributed by atoms with Crippen molar-refractivity contribution in [2.45, 2.75) is 4.90 Å². The Bertz CT molecular complexity index is 895. The van der Waals surface area contributed by atoms with E-state index in [1.807, 2.05) is 0 Å². The highest BCUT2D eigenvalue weighted by Gasteiger charge is 2.18. The molecule has 0 aliphatic rings. The topological polar surface area (TPSA) is 56.3 Å². The minimum atomic E-state index is -3.90. The molecule has 0 saturated carbocycles. The Morgan fingerprint density at radius 2 is 1.71 bits per heavy atom. The zero-order chi connectivity index (χ0) is 14.9. The molecule has 0 aliphatic carbocycles. The molecular weight excluding hydrogens is 310 g/mol. The van der Waals surface area contributed by atoms with E-state index in [0.29, 0.717) is 15.9 Å². The minimum Gasteiger partial charge on any atom is -0.377 e. The van der Waals surface area contributed by atoms with Crippen molar-refractivity contribution in [2.75, 3.05) is 0 Å². The quantitative estimate of drug-likeness (QED) is 0.691. The molecule has 0 fully saturated rings. The van der Waals surface area contributed by atoms with Crippen LogP contribution in [0.4, 0.5) is 0 Å². The van der Waals surface area contributed by atoms with Crippen molar-refractivity contribution >= 4 is 32.6 Å². The number of aromatic nitrogens is 1. The van der Waals surface area contributed by atoms with Crippen molar-refractivity contribution in [1.82, 2.24) is 4.98 Å². The zero-order valence-corrected chi connectivity index (χ0v) is 12.3. The van der Waals surface area contributed by atoms with Crippen molar-refractivity contribution < 1.29 is 12.6 Å². The third-order valence-corrected chi connectivity index (χ3v) is 4.49. The van der Waals surface area contributed by atoms with Crippen molar-refractivity contribution in [3.05, 3.63) is 65.8 Å². The summed E-state index contributed by atoms with van der Waals surface area (Å²) in [5.41, 5.74) is 0.407. The lowest BCUT2D eigenvalue weighted by Gasteiger charge is -2.09. The van der Waals surface area contributed by atoms with Gasteiger partial charge in [-0.1, -0.05) is 41.9 Å². The minimum absolute atomic E-state index is 0.0871. The van der Waals surface area contributed by atoms with E-state index in [-0.39, 0.29) is 10.6 Å². The molecule has 3 aromatic rings. The highest BCUT2D eigenvalue weighted by atomic mass is 35.5. The summed E-state index contributed by atoms with van der Waals surface area (Å²) in [6.07, 6.45) is 1.51. The SMILES string of the molecule is O=S(=O)(Oc1cccc2c(Cl)ccnc12)c1ccccc1. The van der Waals surface area contributed by atoms with Crippen molar-refractivity contribution in [2.24, 2.45) is 0 Å². The first kappa shape index (κ1) is 13.9. The monoisotopic (exact) mass is 319 g/mol. The molecule has 0 bridgehead atoms. The summed E-state index contributed by atoms with van der Waals surface area (Å²) in [5, 5.41) is 1.13. The summed E-state index contributed by atoms with van der Waals surface area (Å²) < 4.78 is 29.7. The van der Waals surface area contributed by atoms with Gasteiger partial charge in [-0.2, -0.15) is 8.42 Å². The summed E-state index contributed by atoms with van der Waals surface area (Å²) in [6.45, 7) is 0. The van der Waals surface area contributed by atoms with Crippen LogP contribution < -0.4 is 4.18 Å². The van der Waals surface area contributed by atoms with Gasteiger partial charge in [0.15, 0.2) is 5.75 Å². The first-order chi connectivity index (χ1) is 10.1. The van der Waals surface area contributed by atoms with E-state index >= 15 is 0 Å². The third kappa shape index (κ3) is 2.70. The van der Waals surface area contributed by atoms with Gasteiger partial charge in [-0.05, 0) is 24.3 Å². The molecule has 0 unspecified atom stereocenters. The summed E-state index contributed by atoms with van der Waals surface area (Å²) in [7, 11) is -3.90. The maximum absolute atomic E-state index is 12.2. The molecule has 6 heteroatoms. The number of halogens is 1. The summed E-state index contributed by atoms with van der Waals surface area (Å²) >= 11 is 6.07. The molecule has 1 heterocycles. The zero-order valence-electron chi connectivity index (χ0n) is 10.7. The van der Waals surface area contributed by atoms with E-state index in [4.69, 9.17) is 15.8 Å². The van der Waals surface area contributed by atoms with E-state index < -0.39 is 10.1 Å². The molecule has 0 aliphatic heterocycles. The van der Waals surface area contributed by atoms with Crippen LogP contribution in [-0.2, 0) is 10.1 Å². The fraction of sp³-hybridized carbons (Fsp3) is 0. The lowest BCUT2D eigenvalue weighted by atomic mass is 10.2. The Labute approximate surface area is 127 Å². The molecular formula is C15H10ClNO3S. The Hall–Kier alpha value is -2.11. The Balaban J connectivity index is 2.09. The average Bonchev–Trinajstić information content (AvgIpc) is 2.49. The molecule has 0 spiro atoms. The molecule has 0 atom stereocenters. The lowest BCUT2D eigenvalue weighted by molar-refractivity contribution is 0.488. The van der Waals surface area contributed by atoms with Gasteiger partial charge in [-0.3, -0.25) is 4.98 Å². The molecule has 21 heavy (non-hydrogen) atoms. The van der Waals surface area contributed by atoms with Crippen LogP contribution in [-0.4, -0.2) is 13.4 Å². The second kappa shape index (κ2) is 5.35. The summed E-state index contributed by atoms with van der Waals surface area (Å²) in [4.78, 5) is 4.23. The van der Waals surface area contributed by atoms with Crippen LogP contribution in [0.2, 0.25) is 5.02 Å². The number of para-hydroxylation sites is 1. The van der Waals surface area contributed by atoms with Crippen LogP contribution in [0.1, 0.15) is 0 Å². The van der Waals surface area contributed by atoms with Gasteiger partial charge in [-0.15, -0.1) is 0 Å². The number of pyridine rings is 1. The second-order valence-electron chi connectivity index (χ2n) is 4.30. The van der Waals surface area contributed by atoms with E-state index in [9.17, 15) is 8.42 Å². The Morgan fingerprint density at radius 3 is 2.48 bits per heavy atom. The van der Waals surface area contributed by atoms with Crippen LogP contribution in [0.3, 0.4) is 0 Å². The van der Waals surface area contributed by atoms with E-state index in [1.165, 1.54) is 18.3 Å². The van der Waals surface area contributed by atoms with Gasteiger partial charge >= 0.3 is 10.1 Å². The van der Waals surface area contributed by atoms with Crippen LogP contribution >= 0.6 is 11.6 Å². The fourth-order valence-electron chi connectivity index (χ4n) is 1.94. The van der Waals surface area contributed by atoms with Gasteiger partial charge in [0, 0.05) is 11.6 Å². The number of benzene rings is 2. The maximum Gasteiger partial charge on any atom is 0.339 e. The van der Waals surface area contributed by atoms with Gasteiger partial charge in [0.05, 0.1) is 5.02 Å². The number of fused-ring (bicyclic) bond motifs is 1. The largest absolute Gasteiger partial charge is 0.377 e. The maximum atomic E-state index is 12.2. The van der Waals surface area contributed by atoms with Gasteiger partial charge in [-0.25, -0.2) is 0 Å². The third-order valence-electron chi connectivity index (χ3n) is 2.91. The van der Waals surface area contributed by atoms with E-state index in [1.54, 1.807) is 42.5 Å². The van der Waals surface area contributed by atoms with Crippen molar-refractivity contribution in [1.29, 1.82) is 0 Å². The first-order valence-corrected chi connectivity index (χ1v) is 7.89. The Morgan fingerprint density at radius 1 is 0.952 bits per heavy atom. The highest BCUT2D eigenvalue weighted by Crippen LogP contribution is 2.30. The van der Waals surface area contributed by atoms with Crippen LogP contribution in [0.25, 0.3) is 10.9 Å². The molecule has 0 radical (unpaired) electrons. The number of hydrogen-bond donors (Lipinski definition) is 0. The fourth-order valence-corrected chi connectivity index (χ4v) is 3.10. The average molecular weight is 320 g/mol. The van der Waals surface area contributed by atoms with E-state index in [0.717, 1.165) is 0 Å². The molecule has 0 saturated heterocycles. The van der Waals surface area contributed by atoms with Crippen LogP contribution in [0, 0.1) is 0 Å².